The standard InChI is InChI=1S/C17H19F2N3O5S2/c1-4-26-16(23)10(2)27-14-8-13(22-29(3,24)25)20-17(21-14)28-9-11-6-5-7-12(18)15(11)19/h5-8,10H,4,9H2,1-3H3,(H,20,21,22)/t10-/m1/s1. The van der Waals surface area contributed by atoms with Crippen LogP contribution in [0.25, 0.3) is 0 Å². The number of nitrogens with zero attached hydrogens (tertiary/aromatic N) is 2. The lowest BCUT2D eigenvalue weighted by Gasteiger charge is -2.14. The zero-order chi connectivity index (χ0) is 21.6. The zero-order valence-corrected chi connectivity index (χ0v) is 17.4. The molecule has 0 fully saturated rings. The van der Waals surface area contributed by atoms with Gasteiger partial charge in [0.2, 0.25) is 15.9 Å². The predicted molar refractivity (Wildman–Crippen MR) is 103 cm³/mol. The van der Waals surface area contributed by atoms with Crippen molar-refractivity contribution in [1.82, 2.24) is 9.97 Å². The molecule has 8 nitrogen and oxygen atoms in total. The summed E-state index contributed by atoms with van der Waals surface area (Å²) < 4.78 is 62.6. The van der Waals surface area contributed by atoms with E-state index in [2.05, 4.69) is 14.7 Å². The van der Waals surface area contributed by atoms with E-state index in [4.69, 9.17) is 9.47 Å². The smallest absolute Gasteiger partial charge is 0.347 e. The fourth-order valence-corrected chi connectivity index (χ4v) is 3.37. The Morgan fingerprint density at radius 3 is 2.69 bits per heavy atom. The van der Waals surface area contributed by atoms with Crippen molar-refractivity contribution in [1.29, 1.82) is 0 Å². The molecule has 0 radical (unpaired) electrons. The highest BCUT2D eigenvalue weighted by molar-refractivity contribution is 7.98. The first-order chi connectivity index (χ1) is 13.6. The first kappa shape index (κ1) is 22.8. The molecular formula is C17H19F2N3O5S2. The number of carbonyl (C=O) groups excluding carboxylic acids is 1. The number of carbonyl (C=O) groups is 1. The fourth-order valence-electron chi connectivity index (χ4n) is 2.06. The molecule has 1 aromatic carbocycles. The molecule has 0 aliphatic rings. The summed E-state index contributed by atoms with van der Waals surface area (Å²) in [5.41, 5.74) is 0.0856. The van der Waals surface area contributed by atoms with E-state index in [1.54, 1.807) is 6.92 Å². The van der Waals surface area contributed by atoms with Crippen LogP contribution in [-0.4, -0.2) is 43.3 Å². The molecule has 1 atom stereocenters. The third-order valence-corrected chi connectivity index (χ3v) is 4.75. The summed E-state index contributed by atoms with van der Waals surface area (Å²) in [7, 11) is -3.65. The van der Waals surface area contributed by atoms with Gasteiger partial charge in [0.05, 0.1) is 12.9 Å². The van der Waals surface area contributed by atoms with E-state index in [9.17, 15) is 22.0 Å². The maximum absolute atomic E-state index is 13.8. The minimum Gasteiger partial charge on any atom is -0.463 e. The van der Waals surface area contributed by atoms with Crippen molar-refractivity contribution in [2.45, 2.75) is 30.9 Å². The van der Waals surface area contributed by atoms with E-state index in [0.29, 0.717) is 0 Å². The van der Waals surface area contributed by atoms with Gasteiger partial charge in [0, 0.05) is 17.4 Å². The third-order valence-electron chi connectivity index (χ3n) is 3.28. The van der Waals surface area contributed by atoms with E-state index in [1.165, 1.54) is 25.1 Å². The van der Waals surface area contributed by atoms with Gasteiger partial charge in [-0.05, 0) is 19.9 Å². The van der Waals surface area contributed by atoms with Crippen LogP contribution in [0.5, 0.6) is 5.88 Å². The van der Waals surface area contributed by atoms with Gasteiger partial charge in [-0.1, -0.05) is 23.9 Å². The topological polar surface area (TPSA) is 107 Å². The number of halogens is 2. The first-order valence-corrected chi connectivity index (χ1v) is 11.2. The lowest BCUT2D eigenvalue weighted by Crippen LogP contribution is -2.26. The van der Waals surface area contributed by atoms with Crippen LogP contribution in [0.4, 0.5) is 14.6 Å². The van der Waals surface area contributed by atoms with Crippen LogP contribution in [0.2, 0.25) is 0 Å². The monoisotopic (exact) mass is 447 g/mol. The average molecular weight is 447 g/mol. The number of ether oxygens (including phenoxy) is 2. The van der Waals surface area contributed by atoms with Crippen molar-refractivity contribution in [3.8, 4) is 5.88 Å². The fraction of sp³-hybridized carbons (Fsp3) is 0.353. The molecule has 1 N–H and O–H groups in total. The second-order valence-corrected chi connectivity index (χ2v) is 8.45. The van der Waals surface area contributed by atoms with E-state index in [1.807, 2.05) is 0 Å². The number of anilines is 1. The number of thioether (sulfide) groups is 1. The van der Waals surface area contributed by atoms with Crippen molar-refractivity contribution in [3.63, 3.8) is 0 Å². The van der Waals surface area contributed by atoms with Crippen molar-refractivity contribution < 1.29 is 31.5 Å². The molecule has 158 valence electrons. The maximum atomic E-state index is 13.8. The van der Waals surface area contributed by atoms with Crippen LogP contribution in [0.1, 0.15) is 19.4 Å². The molecule has 0 unspecified atom stereocenters. The molecule has 1 aromatic heterocycles. The lowest BCUT2D eigenvalue weighted by molar-refractivity contribution is -0.150. The van der Waals surface area contributed by atoms with Gasteiger partial charge in [-0.3, -0.25) is 4.72 Å². The van der Waals surface area contributed by atoms with Crippen molar-refractivity contribution in [2.75, 3.05) is 17.6 Å². The number of rotatable bonds is 9. The Bertz CT molecular complexity index is 989. The Morgan fingerprint density at radius 1 is 1.31 bits per heavy atom. The van der Waals surface area contributed by atoms with Gasteiger partial charge >= 0.3 is 5.97 Å². The van der Waals surface area contributed by atoms with Crippen LogP contribution < -0.4 is 9.46 Å². The molecule has 0 aliphatic heterocycles. The van der Waals surface area contributed by atoms with Crippen molar-refractivity contribution in [2.24, 2.45) is 0 Å². The van der Waals surface area contributed by atoms with Crippen LogP contribution in [0.3, 0.4) is 0 Å². The van der Waals surface area contributed by atoms with Gasteiger partial charge in [-0.15, -0.1) is 0 Å². The van der Waals surface area contributed by atoms with Crippen molar-refractivity contribution in [3.05, 3.63) is 41.5 Å². The quantitative estimate of drug-likeness (QED) is 0.355. The molecular weight excluding hydrogens is 428 g/mol. The Balaban J connectivity index is 2.26. The number of benzene rings is 1. The van der Waals surface area contributed by atoms with Gasteiger partial charge in [0.15, 0.2) is 22.9 Å². The molecule has 0 spiro atoms. The Labute approximate surface area is 171 Å². The Hall–Kier alpha value is -2.47. The molecule has 2 aromatic rings. The molecule has 1 heterocycles. The summed E-state index contributed by atoms with van der Waals surface area (Å²) in [5.74, 6) is -2.80. The average Bonchev–Trinajstić information content (AvgIpc) is 2.61. The molecule has 2 rings (SSSR count). The largest absolute Gasteiger partial charge is 0.463 e. The zero-order valence-electron chi connectivity index (χ0n) is 15.8. The Kier molecular flexibility index (Phi) is 7.73. The van der Waals surface area contributed by atoms with Gasteiger partial charge in [0.25, 0.3) is 0 Å². The van der Waals surface area contributed by atoms with E-state index in [0.717, 1.165) is 24.1 Å². The number of aromatic nitrogens is 2. The summed E-state index contributed by atoms with van der Waals surface area (Å²) in [6.45, 7) is 3.25. The van der Waals surface area contributed by atoms with Gasteiger partial charge in [-0.2, -0.15) is 4.98 Å². The highest BCUT2D eigenvalue weighted by Gasteiger charge is 2.19. The van der Waals surface area contributed by atoms with Gasteiger partial charge < -0.3 is 9.47 Å². The number of esters is 1. The molecule has 0 saturated heterocycles. The maximum Gasteiger partial charge on any atom is 0.347 e. The number of hydrogen-bond acceptors (Lipinski definition) is 8. The van der Waals surface area contributed by atoms with Crippen LogP contribution in [0, 0.1) is 11.6 Å². The minimum atomic E-state index is -3.65. The second kappa shape index (κ2) is 9.83. The normalized spacial score (nSPS) is 12.3. The summed E-state index contributed by atoms with van der Waals surface area (Å²) in [6, 6.07) is 4.97. The highest BCUT2D eigenvalue weighted by atomic mass is 32.2. The Morgan fingerprint density at radius 2 is 2.03 bits per heavy atom. The summed E-state index contributed by atoms with van der Waals surface area (Å²) >= 11 is 0.937. The molecule has 0 bridgehead atoms. The number of hydrogen-bond donors (Lipinski definition) is 1. The summed E-state index contributed by atoms with van der Waals surface area (Å²) in [4.78, 5) is 19.8. The highest BCUT2D eigenvalue weighted by Crippen LogP contribution is 2.26. The molecule has 0 saturated carbocycles. The molecule has 29 heavy (non-hydrogen) atoms. The van der Waals surface area contributed by atoms with Crippen LogP contribution in [-0.2, 0) is 25.3 Å². The second-order valence-electron chi connectivity index (χ2n) is 5.76. The minimum absolute atomic E-state index is 0.0151. The predicted octanol–water partition coefficient (Wildman–Crippen LogP) is 2.75. The molecule has 0 amide bonds. The van der Waals surface area contributed by atoms with E-state index in [-0.39, 0.29) is 34.8 Å². The van der Waals surface area contributed by atoms with E-state index < -0.39 is 33.7 Å². The van der Waals surface area contributed by atoms with Crippen molar-refractivity contribution >= 4 is 33.6 Å². The number of nitrogens with one attached hydrogen (secondary N) is 1. The van der Waals surface area contributed by atoms with Crippen LogP contribution in [0.15, 0.2) is 29.4 Å². The first-order valence-electron chi connectivity index (χ1n) is 8.35. The summed E-state index contributed by atoms with van der Waals surface area (Å²) in [6.07, 6.45) is -0.0688. The lowest BCUT2D eigenvalue weighted by atomic mass is 10.2. The molecule has 0 aliphatic carbocycles. The van der Waals surface area contributed by atoms with E-state index >= 15 is 0 Å². The number of sulfonamides is 1. The third kappa shape index (κ3) is 7.13. The summed E-state index contributed by atoms with van der Waals surface area (Å²) in [5, 5.41) is 0.0355. The molecule has 12 heteroatoms. The van der Waals surface area contributed by atoms with Crippen LogP contribution >= 0.6 is 11.8 Å². The van der Waals surface area contributed by atoms with Gasteiger partial charge in [0.1, 0.15) is 5.82 Å². The SMILES string of the molecule is CCOC(=O)[C@@H](C)Oc1cc(NS(C)(=O)=O)nc(SCc2cccc(F)c2F)n1. The van der Waals surface area contributed by atoms with Gasteiger partial charge in [-0.25, -0.2) is 27.0 Å².